The van der Waals surface area contributed by atoms with Gasteiger partial charge >= 0.3 is 5.97 Å². The standard InChI is InChI=1S/C26H26N2O4S/c1-4-23(25(30)28-22-14-7-9-16(2)17(22)3)33-19-11-8-10-18(15-19)27-24(29)20-12-5-6-13-21(20)26(31)32/h5-15,23H,4H2,1-3H3,(H,27,29)(H,28,30)(H,31,32). The van der Waals surface area contributed by atoms with Gasteiger partial charge in [0.15, 0.2) is 0 Å². The highest BCUT2D eigenvalue weighted by molar-refractivity contribution is 8.00. The normalized spacial score (nSPS) is 11.5. The van der Waals surface area contributed by atoms with Gasteiger partial charge in [-0.15, -0.1) is 11.8 Å². The van der Waals surface area contributed by atoms with E-state index in [0.29, 0.717) is 12.1 Å². The van der Waals surface area contributed by atoms with Crippen molar-refractivity contribution in [2.45, 2.75) is 37.3 Å². The number of anilines is 2. The van der Waals surface area contributed by atoms with E-state index < -0.39 is 11.9 Å². The van der Waals surface area contributed by atoms with Crippen LogP contribution in [0.4, 0.5) is 11.4 Å². The summed E-state index contributed by atoms with van der Waals surface area (Å²) in [6.07, 6.45) is 0.629. The summed E-state index contributed by atoms with van der Waals surface area (Å²) in [5, 5.41) is 14.8. The zero-order chi connectivity index (χ0) is 24.0. The number of aromatic carboxylic acids is 1. The average molecular weight is 463 g/mol. The lowest BCUT2D eigenvalue weighted by Crippen LogP contribution is -2.25. The molecule has 3 N–H and O–H groups in total. The largest absolute Gasteiger partial charge is 0.478 e. The van der Waals surface area contributed by atoms with E-state index in [1.807, 2.05) is 45.0 Å². The van der Waals surface area contributed by atoms with Crippen molar-refractivity contribution in [1.82, 2.24) is 0 Å². The Labute approximate surface area is 197 Å². The molecule has 3 aromatic carbocycles. The van der Waals surface area contributed by atoms with E-state index in [1.54, 1.807) is 30.3 Å². The second-order valence-electron chi connectivity index (χ2n) is 7.58. The van der Waals surface area contributed by atoms with Gasteiger partial charge in [-0.25, -0.2) is 4.79 Å². The van der Waals surface area contributed by atoms with Crippen molar-refractivity contribution < 1.29 is 19.5 Å². The minimum absolute atomic E-state index is 0.0605. The number of rotatable bonds is 8. The van der Waals surface area contributed by atoms with Gasteiger partial charge < -0.3 is 15.7 Å². The predicted molar refractivity (Wildman–Crippen MR) is 132 cm³/mol. The van der Waals surface area contributed by atoms with Crippen LogP contribution in [0, 0.1) is 13.8 Å². The zero-order valence-electron chi connectivity index (χ0n) is 18.7. The molecule has 7 heteroatoms. The van der Waals surface area contributed by atoms with Crippen molar-refractivity contribution in [2.75, 3.05) is 10.6 Å². The number of benzene rings is 3. The van der Waals surface area contributed by atoms with Gasteiger partial charge in [-0.2, -0.15) is 0 Å². The van der Waals surface area contributed by atoms with E-state index in [1.165, 1.54) is 23.9 Å². The maximum Gasteiger partial charge on any atom is 0.336 e. The van der Waals surface area contributed by atoms with Crippen molar-refractivity contribution >= 4 is 40.9 Å². The lowest BCUT2D eigenvalue weighted by molar-refractivity contribution is -0.115. The number of amides is 2. The maximum atomic E-state index is 12.9. The van der Waals surface area contributed by atoms with Crippen molar-refractivity contribution in [3.8, 4) is 0 Å². The van der Waals surface area contributed by atoms with E-state index >= 15 is 0 Å². The Hall–Kier alpha value is -3.58. The Bertz CT molecular complexity index is 1190. The van der Waals surface area contributed by atoms with Crippen LogP contribution in [0.2, 0.25) is 0 Å². The third kappa shape index (κ3) is 6.02. The van der Waals surface area contributed by atoms with Gasteiger partial charge in [0.2, 0.25) is 5.91 Å². The second-order valence-corrected chi connectivity index (χ2v) is 8.86. The van der Waals surface area contributed by atoms with E-state index in [4.69, 9.17) is 0 Å². The van der Waals surface area contributed by atoms with E-state index in [9.17, 15) is 19.5 Å². The number of thioether (sulfide) groups is 1. The highest BCUT2D eigenvalue weighted by Crippen LogP contribution is 2.29. The molecule has 0 aromatic heterocycles. The van der Waals surface area contributed by atoms with Gasteiger partial charge in [-0.3, -0.25) is 9.59 Å². The van der Waals surface area contributed by atoms with E-state index in [2.05, 4.69) is 10.6 Å². The average Bonchev–Trinajstić information content (AvgIpc) is 2.80. The molecule has 3 rings (SSSR count). The molecule has 33 heavy (non-hydrogen) atoms. The molecule has 1 unspecified atom stereocenters. The van der Waals surface area contributed by atoms with Crippen molar-refractivity contribution in [3.63, 3.8) is 0 Å². The molecule has 2 amide bonds. The molecule has 0 radical (unpaired) electrons. The number of carboxylic acid groups (broad SMARTS) is 1. The van der Waals surface area contributed by atoms with E-state index in [-0.39, 0.29) is 22.3 Å². The molecule has 0 saturated carbocycles. The van der Waals surface area contributed by atoms with Crippen molar-refractivity contribution in [3.05, 3.63) is 89.0 Å². The highest BCUT2D eigenvalue weighted by Gasteiger charge is 2.20. The first-order valence-electron chi connectivity index (χ1n) is 10.6. The molecule has 6 nitrogen and oxygen atoms in total. The summed E-state index contributed by atoms with van der Waals surface area (Å²) >= 11 is 1.41. The Balaban J connectivity index is 1.72. The molecule has 0 bridgehead atoms. The number of aryl methyl sites for hydroxylation is 1. The fourth-order valence-electron chi connectivity index (χ4n) is 3.30. The van der Waals surface area contributed by atoms with Gasteiger partial charge in [-0.1, -0.05) is 37.3 Å². The maximum absolute atomic E-state index is 12.9. The van der Waals surface area contributed by atoms with Gasteiger partial charge in [0.1, 0.15) is 0 Å². The summed E-state index contributed by atoms with van der Waals surface area (Å²) in [6, 6.07) is 19.0. The van der Waals surface area contributed by atoms with Crippen LogP contribution >= 0.6 is 11.8 Å². The highest BCUT2D eigenvalue weighted by atomic mass is 32.2. The number of hydrogen-bond donors (Lipinski definition) is 3. The summed E-state index contributed by atoms with van der Waals surface area (Å²) in [5.74, 6) is -1.75. The second kappa shape index (κ2) is 10.8. The monoisotopic (exact) mass is 462 g/mol. The van der Waals surface area contributed by atoms with Crippen LogP contribution in [-0.2, 0) is 4.79 Å². The lowest BCUT2D eigenvalue weighted by Gasteiger charge is -2.17. The number of hydrogen-bond acceptors (Lipinski definition) is 4. The fraction of sp³-hybridized carbons (Fsp3) is 0.192. The van der Waals surface area contributed by atoms with Crippen molar-refractivity contribution in [1.29, 1.82) is 0 Å². The quantitative estimate of drug-likeness (QED) is 0.370. The van der Waals surface area contributed by atoms with Crippen LogP contribution in [-0.4, -0.2) is 28.1 Å². The van der Waals surface area contributed by atoms with Crippen LogP contribution < -0.4 is 10.6 Å². The minimum atomic E-state index is -1.16. The van der Waals surface area contributed by atoms with Crippen LogP contribution in [0.15, 0.2) is 71.6 Å². The van der Waals surface area contributed by atoms with Crippen LogP contribution in [0.1, 0.15) is 45.2 Å². The third-order valence-electron chi connectivity index (χ3n) is 5.30. The molecule has 3 aromatic rings. The van der Waals surface area contributed by atoms with Crippen molar-refractivity contribution in [2.24, 2.45) is 0 Å². The minimum Gasteiger partial charge on any atom is -0.478 e. The van der Waals surface area contributed by atoms with Gasteiger partial charge in [0.25, 0.3) is 5.91 Å². The molecule has 0 aliphatic rings. The molecule has 1 atom stereocenters. The molecule has 0 aliphatic heterocycles. The molecule has 170 valence electrons. The van der Waals surface area contributed by atoms with Gasteiger partial charge in [0, 0.05) is 16.3 Å². The Morgan fingerprint density at radius 1 is 0.909 bits per heavy atom. The van der Waals surface area contributed by atoms with Gasteiger partial charge in [-0.05, 0) is 67.8 Å². The molecule has 0 spiro atoms. The Morgan fingerprint density at radius 3 is 2.30 bits per heavy atom. The third-order valence-corrected chi connectivity index (χ3v) is 6.66. The summed E-state index contributed by atoms with van der Waals surface area (Å²) < 4.78 is 0. The fourth-order valence-corrected chi connectivity index (χ4v) is 4.31. The summed E-state index contributed by atoms with van der Waals surface area (Å²) in [4.78, 5) is 37.8. The summed E-state index contributed by atoms with van der Waals surface area (Å²) in [6.45, 7) is 5.94. The Kier molecular flexibility index (Phi) is 7.90. The number of nitrogens with one attached hydrogen (secondary N) is 2. The molecule has 0 fully saturated rings. The summed E-state index contributed by atoms with van der Waals surface area (Å²) in [5.41, 5.74) is 3.50. The van der Waals surface area contributed by atoms with Crippen LogP contribution in [0.5, 0.6) is 0 Å². The topological polar surface area (TPSA) is 95.5 Å². The molecule has 0 aliphatic carbocycles. The zero-order valence-corrected chi connectivity index (χ0v) is 19.5. The first kappa shape index (κ1) is 24.1. The van der Waals surface area contributed by atoms with Gasteiger partial charge in [0.05, 0.1) is 16.4 Å². The smallest absolute Gasteiger partial charge is 0.336 e. The number of carbonyl (C=O) groups excluding carboxylic acids is 2. The number of carbonyl (C=O) groups is 3. The number of carboxylic acids is 1. The lowest BCUT2D eigenvalue weighted by atomic mass is 10.1. The predicted octanol–water partition coefficient (Wildman–Crippen LogP) is 5.76. The molecule has 0 heterocycles. The first-order valence-corrected chi connectivity index (χ1v) is 11.5. The first-order chi connectivity index (χ1) is 15.8. The molecule has 0 saturated heterocycles. The summed E-state index contributed by atoms with van der Waals surface area (Å²) in [7, 11) is 0. The molecular weight excluding hydrogens is 436 g/mol. The Morgan fingerprint density at radius 2 is 1.61 bits per heavy atom. The molecular formula is C26H26N2O4S. The van der Waals surface area contributed by atoms with Crippen LogP contribution in [0.25, 0.3) is 0 Å². The SMILES string of the molecule is CCC(Sc1cccc(NC(=O)c2ccccc2C(=O)O)c1)C(=O)Nc1cccc(C)c1C. The van der Waals surface area contributed by atoms with E-state index in [0.717, 1.165) is 21.7 Å². The van der Waals surface area contributed by atoms with Crippen LogP contribution in [0.3, 0.4) is 0 Å².